The maximum atomic E-state index is 14.1. The van der Waals surface area contributed by atoms with Crippen LogP contribution in [0.15, 0.2) is 17.0 Å². The van der Waals surface area contributed by atoms with Gasteiger partial charge < -0.3 is 5.32 Å². The van der Waals surface area contributed by atoms with Gasteiger partial charge in [0.2, 0.25) is 10.0 Å². The molecule has 6 heteroatoms. The van der Waals surface area contributed by atoms with Crippen molar-refractivity contribution < 1.29 is 12.8 Å². The third-order valence-electron chi connectivity index (χ3n) is 4.21. The first-order chi connectivity index (χ1) is 9.98. The number of hydrogen-bond acceptors (Lipinski definition) is 3. The number of halogens is 1. The summed E-state index contributed by atoms with van der Waals surface area (Å²) < 4.78 is 40.8. The number of benzene rings is 1. The van der Waals surface area contributed by atoms with Crippen molar-refractivity contribution in [2.45, 2.75) is 50.1 Å². The second kappa shape index (κ2) is 5.66. The van der Waals surface area contributed by atoms with E-state index < -0.39 is 15.8 Å². The molecule has 0 unspecified atom stereocenters. The predicted octanol–water partition coefficient (Wildman–Crippen LogP) is 2.17. The summed E-state index contributed by atoms with van der Waals surface area (Å²) in [6.07, 6.45) is 4.05. The van der Waals surface area contributed by atoms with Gasteiger partial charge in [-0.1, -0.05) is 0 Å². The molecule has 21 heavy (non-hydrogen) atoms. The van der Waals surface area contributed by atoms with Crippen LogP contribution in [0.3, 0.4) is 0 Å². The molecule has 1 aromatic rings. The van der Waals surface area contributed by atoms with E-state index in [0.717, 1.165) is 25.7 Å². The molecule has 2 aliphatic rings. The lowest BCUT2D eigenvalue weighted by atomic mass is 10.1. The quantitative estimate of drug-likeness (QED) is 0.906. The monoisotopic (exact) mass is 312 g/mol. The molecule has 1 aliphatic heterocycles. The zero-order valence-electron chi connectivity index (χ0n) is 12.2. The highest BCUT2D eigenvalue weighted by molar-refractivity contribution is 7.89. The van der Waals surface area contributed by atoms with Crippen LogP contribution in [0.5, 0.6) is 0 Å². The summed E-state index contributed by atoms with van der Waals surface area (Å²) in [6, 6.07) is 3.57. The van der Waals surface area contributed by atoms with Gasteiger partial charge >= 0.3 is 0 Å². The van der Waals surface area contributed by atoms with Crippen molar-refractivity contribution in [3.63, 3.8) is 0 Å². The van der Waals surface area contributed by atoms with Crippen LogP contribution in [-0.4, -0.2) is 31.9 Å². The first-order valence-electron chi connectivity index (χ1n) is 7.51. The Morgan fingerprint density at radius 1 is 1.29 bits per heavy atom. The van der Waals surface area contributed by atoms with Crippen LogP contribution >= 0.6 is 0 Å². The van der Waals surface area contributed by atoms with E-state index in [2.05, 4.69) is 5.32 Å². The van der Waals surface area contributed by atoms with E-state index in [1.807, 2.05) is 0 Å². The van der Waals surface area contributed by atoms with Gasteiger partial charge in [-0.05, 0) is 50.3 Å². The van der Waals surface area contributed by atoms with Gasteiger partial charge in [-0.3, -0.25) is 0 Å². The average Bonchev–Trinajstić information content (AvgIpc) is 3.10. The van der Waals surface area contributed by atoms with Gasteiger partial charge in [0.25, 0.3) is 0 Å². The van der Waals surface area contributed by atoms with Crippen LogP contribution < -0.4 is 5.32 Å². The molecule has 0 spiro atoms. The minimum absolute atomic E-state index is 0.122. The highest BCUT2D eigenvalue weighted by atomic mass is 32.2. The molecule has 2 fully saturated rings. The summed E-state index contributed by atoms with van der Waals surface area (Å²) in [5.41, 5.74) is 0.917. The van der Waals surface area contributed by atoms with Crippen molar-refractivity contribution in [1.82, 2.24) is 9.62 Å². The summed E-state index contributed by atoms with van der Waals surface area (Å²) in [7, 11) is -3.57. The Labute approximate surface area is 125 Å². The van der Waals surface area contributed by atoms with E-state index in [1.54, 1.807) is 6.07 Å². The summed E-state index contributed by atoms with van der Waals surface area (Å²) >= 11 is 0. The smallest absolute Gasteiger partial charge is 0.243 e. The zero-order valence-corrected chi connectivity index (χ0v) is 13.0. The van der Waals surface area contributed by atoms with E-state index >= 15 is 0 Å². The maximum Gasteiger partial charge on any atom is 0.243 e. The van der Waals surface area contributed by atoms with Crippen LogP contribution in [0.25, 0.3) is 0 Å². The fourth-order valence-corrected chi connectivity index (χ4v) is 4.50. The summed E-state index contributed by atoms with van der Waals surface area (Å²) in [4.78, 5) is 0.122. The molecule has 0 atom stereocenters. The summed E-state index contributed by atoms with van der Waals surface area (Å²) in [6.45, 7) is 3.13. The number of hydrogen-bond donors (Lipinski definition) is 1. The van der Waals surface area contributed by atoms with Gasteiger partial charge in [0.1, 0.15) is 5.82 Å². The molecule has 1 aromatic carbocycles. The fourth-order valence-electron chi connectivity index (χ4n) is 2.69. The standard InChI is InChI=1S/C15H21FN2O2S/c1-11-14(16)8-12(10-17-13-4-5-13)9-15(11)21(19,20)18-6-2-3-7-18/h8-9,13,17H,2-7,10H2,1H3. The highest BCUT2D eigenvalue weighted by Gasteiger charge is 2.30. The first-order valence-corrected chi connectivity index (χ1v) is 8.95. The molecule has 1 heterocycles. The maximum absolute atomic E-state index is 14.1. The molecule has 1 saturated heterocycles. The molecule has 116 valence electrons. The molecular weight excluding hydrogens is 291 g/mol. The minimum Gasteiger partial charge on any atom is -0.310 e. The third kappa shape index (κ3) is 3.12. The van der Waals surface area contributed by atoms with Crippen molar-refractivity contribution in [3.8, 4) is 0 Å². The average molecular weight is 312 g/mol. The summed E-state index contributed by atoms with van der Waals surface area (Å²) in [5, 5.41) is 3.29. The number of rotatable bonds is 5. The van der Waals surface area contributed by atoms with Crippen LogP contribution in [0.4, 0.5) is 4.39 Å². The van der Waals surface area contributed by atoms with Gasteiger partial charge in [0.15, 0.2) is 0 Å². The third-order valence-corrected chi connectivity index (χ3v) is 6.24. The van der Waals surface area contributed by atoms with Crippen LogP contribution in [0.1, 0.15) is 36.8 Å². The number of nitrogens with zero attached hydrogens (tertiary/aromatic N) is 1. The molecule has 1 N–H and O–H groups in total. The molecule has 0 amide bonds. The molecule has 0 aromatic heterocycles. The van der Waals surface area contributed by atoms with Gasteiger partial charge in [-0.15, -0.1) is 0 Å². The Kier molecular flexibility index (Phi) is 4.03. The lowest BCUT2D eigenvalue weighted by Gasteiger charge is -2.18. The molecule has 4 nitrogen and oxygen atoms in total. The predicted molar refractivity (Wildman–Crippen MR) is 79.0 cm³/mol. The molecule has 1 saturated carbocycles. The Hall–Kier alpha value is -0.980. The van der Waals surface area contributed by atoms with Crippen LogP contribution in [0.2, 0.25) is 0 Å². The van der Waals surface area contributed by atoms with Crippen molar-refractivity contribution in [3.05, 3.63) is 29.1 Å². The van der Waals surface area contributed by atoms with Gasteiger partial charge in [0.05, 0.1) is 4.90 Å². The Morgan fingerprint density at radius 3 is 2.57 bits per heavy atom. The lowest BCUT2D eigenvalue weighted by molar-refractivity contribution is 0.475. The number of sulfonamides is 1. The second-order valence-electron chi connectivity index (χ2n) is 5.97. The topological polar surface area (TPSA) is 49.4 Å². The highest BCUT2D eigenvalue weighted by Crippen LogP contribution is 2.27. The fraction of sp³-hybridized carbons (Fsp3) is 0.600. The Balaban J connectivity index is 1.91. The van der Waals surface area contributed by atoms with E-state index in [-0.39, 0.29) is 10.5 Å². The van der Waals surface area contributed by atoms with Crippen molar-refractivity contribution in [1.29, 1.82) is 0 Å². The van der Waals surface area contributed by atoms with E-state index in [0.29, 0.717) is 31.2 Å². The van der Waals surface area contributed by atoms with Gasteiger partial charge in [0, 0.05) is 31.2 Å². The Morgan fingerprint density at radius 2 is 1.95 bits per heavy atom. The van der Waals surface area contributed by atoms with Crippen molar-refractivity contribution in [2.75, 3.05) is 13.1 Å². The number of nitrogens with one attached hydrogen (secondary N) is 1. The minimum atomic E-state index is -3.57. The van der Waals surface area contributed by atoms with Crippen molar-refractivity contribution >= 4 is 10.0 Å². The van der Waals surface area contributed by atoms with E-state index in [4.69, 9.17) is 0 Å². The van der Waals surface area contributed by atoms with Crippen LogP contribution in [-0.2, 0) is 16.6 Å². The van der Waals surface area contributed by atoms with Gasteiger partial charge in [-0.2, -0.15) is 4.31 Å². The largest absolute Gasteiger partial charge is 0.310 e. The molecule has 0 radical (unpaired) electrons. The zero-order chi connectivity index (χ0) is 15.0. The molecular formula is C15H21FN2O2S. The molecule has 0 bridgehead atoms. The molecule has 1 aliphatic carbocycles. The second-order valence-corrected chi connectivity index (χ2v) is 7.87. The first kappa shape index (κ1) is 14.9. The van der Waals surface area contributed by atoms with E-state index in [1.165, 1.54) is 17.3 Å². The van der Waals surface area contributed by atoms with Crippen LogP contribution in [0, 0.1) is 12.7 Å². The van der Waals surface area contributed by atoms with E-state index in [9.17, 15) is 12.8 Å². The van der Waals surface area contributed by atoms with Crippen molar-refractivity contribution in [2.24, 2.45) is 0 Å². The summed E-state index contributed by atoms with van der Waals surface area (Å²) in [5.74, 6) is -0.442. The Bertz CT molecular complexity index is 635. The lowest BCUT2D eigenvalue weighted by Crippen LogP contribution is -2.29. The normalized spacial score (nSPS) is 20.1. The SMILES string of the molecule is Cc1c(F)cc(CNC2CC2)cc1S(=O)(=O)N1CCCC1. The molecule has 3 rings (SSSR count). The van der Waals surface area contributed by atoms with Gasteiger partial charge in [-0.25, -0.2) is 12.8 Å².